The van der Waals surface area contributed by atoms with E-state index in [4.69, 9.17) is 28.4 Å². The van der Waals surface area contributed by atoms with E-state index >= 15 is 0 Å². The van der Waals surface area contributed by atoms with Gasteiger partial charge in [-0.05, 0) is 86.8 Å². The van der Waals surface area contributed by atoms with Crippen molar-refractivity contribution in [2.24, 2.45) is 35.5 Å². The van der Waals surface area contributed by atoms with Crippen molar-refractivity contribution in [2.75, 3.05) is 21.3 Å². The molecule has 3 heterocycles. The number of pyridine rings is 1. The van der Waals surface area contributed by atoms with Gasteiger partial charge in [-0.2, -0.15) is 0 Å². The van der Waals surface area contributed by atoms with E-state index in [2.05, 4.69) is 28.5 Å². The highest BCUT2D eigenvalue weighted by Gasteiger charge is 2.52. The van der Waals surface area contributed by atoms with Crippen molar-refractivity contribution in [3.05, 3.63) is 53.9 Å². The first-order valence-electron chi connectivity index (χ1n) is 18.4. The van der Waals surface area contributed by atoms with Gasteiger partial charge in [0.1, 0.15) is 24.4 Å². The number of Topliss-reactive ketones (excluding diaryl/α,β-unsaturated/α-hetero) is 1. The fourth-order valence-electron chi connectivity index (χ4n) is 9.29. The maximum Gasteiger partial charge on any atom is 0.306 e. The first-order chi connectivity index (χ1) is 24.2. The number of nitrogens with zero attached hydrogens (tertiary/aromatic N) is 1. The first-order valence-corrected chi connectivity index (χ1v) is 18.4. The number of fused-ring (bicyclic) bond motifs is 5. The highest BCUT2D eigenvalue weighted by molar-refractivity contribution is 6.00. The predicted octanol–water partition coefficient (Wildman–Crippen LogP) is 4.84. The van der Waals surface area contributed by atoms with Gasteiger partial charge in [0.05, 0.1) is 18.6 Å². The lowest BCUT2D eigenvalue weighted by atomic mass is 9.70. The van der Waals surface area contributed by atoms with Crippen molar-refractivity contribution >= 4 is 17.7 Å². The predicted molar refractivity (Wildman–Crippen MR) is 184 cm³/mol. The second-order valence-corrected chi connectivity index (χ2v) is 14.8. The number of carbonyl (C=O) groups is 3. The zero-order chi connectivity index (χ0) is 35.5. The third-order valence-corrected chi connectivity index (χ3v) is 12.0. The molecule has 5 aliphatic rings. The van der Waals surface area contributed by atoms with Crippen LogP contribution in [-0.2, 0) is 38.0 Å². The van der Waals surface area contributed by atoms with Crippen molar-refractivity contribution < 1.29 is 42.8 Å². The van der Waals surface area contributed by atoms with Crippen molar-refractivity contribution in [2.45, 2.75) is 115 Å². The molecule has 11 heteroatoms. The van der Waals surface area contributed by atoms with Gasteiger partial charge in [0.25, 0.3) is 5.91 Å². The molecular formula is C39H54N2O9. The molecule has 2 aliphatic heterocycles. The quantitative estimate of drug-likeness (QED) is 0.298. The molecule has 1 N–H and O–H groups in total. The summed E-state index contributed by atoms with van der Waals surface area (Å²) in [5, 5.41) is 3.17. The third-order valence-electron chi connectivity index (χ3n) is 12.0. The molecule has 1 aromatic rings. The zero-order valence-electron chi connectivity index (χ0n) is 30.2. The van der Waals surface area contributed by atoms with Crippen LogP contribution >= 0.6 is 0 Å². The molecule has 1 saturated carbocycles. The maximum atomic E-state index is 14.5. The fraction of sp³-hybridized carbons (Fsp3) is 0.692. The van der Waals surface area contributed by atoms with E-state index in [1.165, 1.54) is 0 Å². The second kappa shape index (κ2) is 16.2. The summed E-state index contributed by atoms with van der Waals surface area (Å²) in [6, 6.07) is 2.98. The molecule has 3 fully saturated rings. The van der Waals surface area contributed by atoms with E-state index in [0.29, 0.717) is 30.4 Å². The molecule has 5 unspecified atom stereocenters. The van der Waals surface area contributed by atoms with Crippen LogP contribution in [0.3, 0.4) is 0 Å². The summed E-state index contributed by atoms with van der Waals surface area (Å²) in [6.07, 6.45) is 12.1. The maximum absolute atomic E-state index is 14.5. The Labute approximate surface area is 295 Å². The third kappa shape index (κ3) is 7.48. The Hall–Kier alpha value is -2.96. The molecule has 0 radical (unpaired) electrons. The van der Waals surface area contributed by atoms with Crippen molar-refractivity contribution in [3.8, 4) is 0 Å². The molecule has 1 aromatic heterocycles. The Morgan fingerprint density at radius 2 is 1.70 bits per heavy atom. The molecule has 3 aliphatic carbocycles. The normalized spacial score (nSPS) is 40.4. The zero-order valence-corrected chi connectivity index (χ0v) is 30.2. The number of rotatable bonds is 8. The number of ether oxygens (including phenoxy) is 6. The van der Waals surface area contributed by atoms with E-state index in [-0.39, 0.29) is 90.2 Å². The molecule has 0 bridgehead atoms. The van der Waals surface area contributed by atoms with Crippen molar-refractivity contribution in [3.63, 3.8) is 0 Å². The highest BCUT2D eigenvalue weighted by Crippen LogP contribution is 2.54. The highest BCUT2D eigenvalue weighted by atomic mass is 16.7. The number of hydrogen-bond donors (Lipinski definition) is 1. The molecule has 6 rings (SSSR count). The van der Waals surface area contributed by atoms with Crippen LogP contribution in [-0.4, -0.2) is 92.9 Å². The smallest absolute Gasteiger partial charge is 0.306 e. The van der Waals surface area contributed by atoms with Gasteiger partial charge in [-0.25, -0.2) is 0 Å². The number of amides is 1. The summed E-state index contributed by atoms with van der Waals surface area (Å²) in [5.74, 6) is -0.661. The molecule has 11 nitrogen and oxygen atoms in total. The molecule has 50 heavy (non-hydrogen) atoms. The number of methoxy groups -OCH3 is 3. The van der Waals surface area contributed by atoms with Crippen LogP contribution in [0.5, 0.6) is 0 Å². The molecule has 1 amide bonds. The lowest BCUT2D eigenvalue weighted by molar-refractivity contribution is -0.314. The monoisotopic (exact) mass is 694 g/mol. The van der Waals surface area contributed by atoms with Crippen LogP contribution in [0.2, 0.25) is 0 Å². The van der Waals surface area contributed by atoms with Gasteiger partial charge in [0.2, 0.25) is 0 Å². The number of nitrogens with one attached hydrogen (secondary N) is 1. The molecule has 2 saturated heterocycles. The number of carbonyl (C=O) groups excluding carboxylic acids is 3. The Kier molecular flexibility index (Phi) is 11.9. The van der Waals surface area contributed by atoms with Crippen LogP contribution in [0, 0.1) is 35.5 Å². The molecule has 14 atom stereocenters. The minimum atomic E-state index is -0.615. The average Bonchev–Trinajstić information content (AvgIpc) is 3.70. The number of aromatic nitrogens is 1. The summed E-state index contributed by atoms with van der Waals surface area (Å²) in [4.78, 5) is 45.2. The molecule has 0 aromatic carbocycles. The first kappa shape index (κ1) is 36.8. The largest absolute Gasteiger partial charge is 0.462 e. The fourth-order valence-corrected chi connectivity index (χ4v) is 9.29. The standard InChI is InChI=1S/C39H54N2O9/c1-7-25-9-8-10-32(41-38(44)23-13-15-40-16-14-23)21(2)34(43)31-19-29-27(30(31)20-33(42)49-25)12-11-24-17-26(18-28(24)29)50-39-37(47-6)36(46-5)35(45-4)22(3)48-39/h11-16,19,21-22,24-30,32,35-37,39H,7-10,17-18,20H2,1-6H3,(H,41,44)/t21-,22?,24-,25+,26-,27-,28-,29-,30+,32+,35?,36?,37?,39?/m1/s1. The Morgan fingerprint density at radius 3 is 2.40 bits per heavy atom. The van der Waals surface area contributed by atoms with Crippen molar-refractivity contribution in [1.29, 1.82) is 0 Å². The van der Waals surface area contributed by atoms with Gasteiger partial charge in [0.15, 0.2) is 12.1 Å². The van der Waals surface area contributed by atoms with Gasteiger partial charge >= 0.3 is 5.97 Å². The number of ketones is 1. The van der Waals surface area contributed by atoms with Crippen LogP contribution < -0.4 is 5.32 Å². The molecule has 0 spiro atoms. The van der Waals surface area contributed by atoms with Gasteiger partial charge < -0.3 is 33.7 Å². The summed E-state index contributed by atoms with van der Waals surface area (Å²) >= 11 is 0. The average molecular weight is 695 g/mol. The summed E-state index contributed by atoms with van der Waals surface area (Å²) in [6.45, 7) is 5.90. The van der Waals surface area contributed by atoms with E-state index in [1.54, 1.807) is 45.9 Å². The SMILES string of the molecule is CC[C@H]1CCC[C@H](NC(=O)c2ccncc2)[C@@H](C)C(=O)C2=C[C@@H]3[C@@H](C=C[C@@H]4C[C@@H](OC5OC(C)C(OC)C(OC)C5OC)C[C@@H]34)[C@@H]2CC(=O)O1. The van der Waals surface area contributed by atoms with Gasteiger partial charge in [-0.1, -0.05) is 32.1 Å². The van der Waals surface area contributed by atoms with Gasteiger partial charge in [-0.3, -0.25) is 19.4 Å². The van der Waals surface area contributed by atoms with Crippen LogP contribution in [0.1, 0.15) is 76.1 Å². The minimum absolute atomic E-state index is 0.000383. The van der Waals surface area contributed by atoms with E-state index in [0.717, 1.165) is 19.3 Å². The minimum Gasteiger partial charge on any atom is -0.462 e. The number of cyclic esters (lactones) is 1. The number of hydrogen-bond acceptors (Lipinski definition) is 10. The summed E-state index contributed by atoms with van der Waals surface area (Å²) < 4.78 is 36.2. The summed E-state index contributed by atoms with van der Waals surface area (Å²) in [5.41, 5.74) is 1.19. The Balaban J connectivity index is 1.23. The lowest BCUT2D eigenvalue weighted by Gasteiger charge is -2.44. The lowest BCUT2D eigenvalue weighted by Crippen LogP contribution is -2.59. The Morgan fingerprint density at radius 1 is 0.960 bits per heavy atom. The van der Waals surface area contributed by atoms with Gasteiger partial charge in [-0.15, -0.1) is 0 Å². The van der Waals surface area contributed by atoms with Crippen LogP contribution in [0.4, 0.5) is 0 Å². The second-order valence-electron chi connectivity index (χ2n) is 14.8. The molecule has 274 valence electrons. The van der Waals surface area contributed by atoms with Crippen LogP contribution in [0.15, 0.2) is 48.3 Å². The Bertz CT molecular complexity index is 1420. The molecular weight excluding hydrogens is 640 g/mol. The van der Waals surface area contributed by atoms with E-state index < -0.39 is 18.3 Å². The topological polar surface area (TPSA) is 132 Å². The summed E-state index contributed by atoms with van der Waals surface area (Å²) in [7, 11) is 4.92. The van der Waals surface area contributed by atoms with Crippen LogP contribution in [0.25, 0.3) is 0 Å². The van der Waals surface area contributed by atoms with E-state index in [9.17, 15) is 14.4 Å². The van der Waals surface area contributed by atoms with Crippen molar-refractivity contribution in [1.82, 2.24) is 10.3 Å². The number of esters is 1. The van der Waals surface area contributed by atoms with E-state index in [1.807, 2.05) is 20.8 Å². The van der Waals surface area contributed by atoms with Gasteiger partial charge in [0, 0.05) is 57.2 Å². The number of allylic oxidation sites excluding steroid dienone is 4.